The molecule has 3 aromatic rings. The van der Waals surface area contributed by atoms with Crippen LogP contribution in [0.3, 0.4) is 0 Å². The molecule has 0 unspecified atom stereocenters. The predicted molar refractivity (Wildman–Crippen MR) is 120 cm³/mol. The monoisotopic (exact) mass is 437 g/mol. The lowest BCUT2D eigenvalue weighted by Gasteiger charge is -2.21. The van der Waals surface area contributed by atoms with Crippen LogP contribution in [0.25, 0.3) is 22.4 Å². The largest absolute Gasteiger partial charge is 0.465 e. The van der Waals surface area contributed by atoms with Crippen LogP contribution < -0.4 is 0 Å². The fourth-order valence-corrected chi connectivity index (χ4v) is 4.45. The Kier molecular flexibility index (Phi) is 6.05. The fourth-order valence-electron chi connectivity index (χ4n) is 4.09. The molecule has 0 saturated carbocycles. The lowest BCUT2D eigenvalue weighted by molar-refractivity contribution is 0.0599. The zero-order valence-electron chi connectivity index (χ0n) is 18.0. The van der Waals surface area contributed by atoms with Gasteiger partial charge in [0.15, 0.2) is 5.16 Å². The minimum absolute atomic E-state index is 0.0170. The third-order valence-corrected chi connectivity index (χ3v) is 6.08. The lowest BCUT2D eigenvalue weighted by Crippen LogP contribution is -2.15. The number of hydrogen-bond donors (Lipinski definition) is 0. The predicted octanol–water partition coefficient (Wildman–Crippen LogP) is 5.47. The van der Waals surface area contributed by atoms with E-state index in [-0.39, 0.29) is 11.7 Å². The summed E-state index contributed by atoms with van der Waals surface area (Å²) in [5.41, 5.74) is 6.27. The number of aromatic nitrogens is 3. The van der Waals surface area contributed by atoms with Gasteiger partial charge < -0.3 is 4.74 Å². The van der Waals surface area contributed by atoms with Crippen molar-refractivity contribution in [1.82, 2.24) is 15.0 Å². The maximum atomic E-state index is 13.7. The average molecular weight is 438 g/mol. The Bertz CT molecular complexity index is 1150. The molecule has 0 fully saturated rings. The molecule has 0 radical (unpaired) electrons. The van der Waals surface area contributed by atoms with Crippen molar-refractivity contribution in [2.75, 3.05) is 13.4 Å². The molecule has 0 N–H and O–H groups in total. The first kappa shape index (κ1) is 21.4. The van der Waals surface area contributed by atoms with Gasteiger partial charge in [-0.2, -0.15) is 0 Å². The van der Waals surface area contributed by atoms with Crippen molar-refractivity contribution in [3.8, 4) is 22.4 Å². The lowest BCUT2D eigenvalue weighted by atomic mass is 9.87. The molecular weight excluding hydrogens is 413 g/mol. The Morgan fingerprint density at radius 3 is 2.55 bits per heavy atom. The summed E-state index contributed by atoms with van der Waals surface area (Å²) in [6.45, 7) is 4.00. The highest BCUT2D eigenvalue weighted by Crippen LogP contribution is 2.41. The van der Waals surface area contributed by atoms with E-state index in [9.17, 15) is 9.18 Å². The van der Waals surface area contributed by atoms with Crippen LogP contribution in [0.2, 0.25) is 0 Å². The van der Waals surface area contributed by atoms with E-state index in [0.717, 1.165) is 58.1 Å². The molecule has 1 aliphatic rings. The van der Waals surface area contributed by atoms with E-state index in [1.165, 1.54) is 31.0 Å². The highest BCUT2D eigenvalue weighted by atomic mass is 32.2. The number of fused-ring (bicyclic) bond motifs is 3. The number of benzene rings is 1. The van der Waals surface area contributed by atoms with Crippen molar-refractivity contribution in [1.29, 1.82) is 0 Å². The number of ether oxygens (including phenoxy) is 1. The summed E-state index contributed by atoms with van der Waals surface area (Å²) in [4.78, 5) is 27.1. The number of pyridine rings is 1. The van der Waals surface area contributed by atoms with Crippen molar-refractivity contribution in [3.63, 3.8) is 0 Å². The standard InChI is InChI=1S/C24H24FN3O2S/c1-13(2)21-20(23(29)30-3)19(14-8-10-15(25)11-9-14)16-6-5-7-18-17(22(16)28-21)12-26-24(27-18)31-4/h8-13H,5-7H2,1-4H3. The molecule has 0 aliphatic heterocycles. The molecule has 2 heterocycles. The van der Waals surface area contributed by atoms with E-state index in [1.54, 1.807) is 12.1 Å². The summed E-state index contributed by atoms with van der Waals surface area (Å²) in [6.07, 6.45) is 6.18. The van der Waals surface area contributed by atoms with Gasteiger partial charge in [-0.3, -0.25) is 4.98 Å². The van der Waals surface area contributed by atoms with E-state index >= 15 is 0 Å². The van der Waals surface area contributed by atoms with E-state index in [0.29, 0.717) is 11.3 Å². The number of aryl methyl sites for hydroxylation is 1. The molecule has 1 aliphatic carbocycles. The molecule has 0 amide bonds. The second kappa shape index (κ2) is 8.75. The van der Waals surface area contributed by atoms with E-state index in [4.69, 9.17) is 14.7 Å². The maximum absolute atomic E-state index is 13.7. The molecule has 7 heteroatoms. The number of halogens is 1. The average Bonchev–Trinajstić information content (AvgIpc) is 2.96. The smallest absolute Gasteiger partial charge is 0.340 e. The van der Waals surface area contributed by atoms with Crippen LogP contribution >= 0.6 is 11.8 Å². The molecule has 0 saturated heterocycles. The molecule has 2 aromatic heterocycles. The zero-order chi connectivity index (χ0) is 22.1. The van der Waals surface area contributed by atoms with Gasteiger partial charge in [-0.1, -0.05) is 37.7 Å². The molecule has 4 rings (SSSR count). The summed E-state index contributed by atoms with van der Waals surface area (Å²) in [6, 6.07) is 6.24. The summed E-state index contributed by atoms with van der Waals surface area (Å²) >= 11 is 1.51. The number of hydrogen-bond acceptors (Lipinski definition) is 6. The normalized spacial score (nSPS) is 12.8. The van der Waals surface area contributed by atoms with Crippen LogP contribution in [-0.4, -0.2) is 34.3 Å². The molecule has 0 atom stereocenters. The second-order valence-corrected chi connectivity index (χ2v) is 8.57. The highest BCUT2D eigenvalue weighted by molar-refractivity contribution is 7.98. The Labute approximate surface area is 185 Å². The van der Waals surface area contributed by atoms with Crippen LogP contribution in [0, 0.1) is 5.82 Å². The quantitative estimate of drug-likeness (QED) is 0.307. The van der Waals surface area contributed by atoms with Gasteiger partial charge in [0, 0.05) is 17.3 Å². The van der Waals surface area contributed by atoms with E-state index < -0.39 is 5.97 Å². The van der Waals surface area contributed by atoms with Crippen molar-refractivity contribution in [2.24, 2.45) is 0 Å². The van der Waals surface area contributed by atoms with Gasteiger partial charge in [0.05, 0.1) is 29.8 Å². The Morgan fingerprint density at radius 1 is 1.16 bits per heavy atom. The molecular formula is C24H24FN3O2S. The molecule has 1 aromatic carbocycles. The van der Waals surface area contributed by atoms with Gasteiger partial charge in [0.1, 0.15) is 5.82 Å². The zero-order valence-corrected chi connectivity index (χ0v) is 18.8. The van der Waals surface area contributed by atoms with Crippen LogP contribution in [0.1, 0.15) is 53.5 Å². The maximum Gasteiger partial charge on any atom is 0.340 e. The van der Waals surface area contributed by atoms with Gasteiger partial charge in [-0.25, -0.2) is 19.2 Å². The molecule has 31 heavy (non-hydrogen) atoms. The van der Waals surface area contributed by atoms with Crippen molar-refractivity contribution < 1.29 is 13.9 Å². The van der Waals surface area contributed by atoms with Crippen LogP contribution in [0.4, 0.5) is 4.39 Å². The van der Waals surface area contributed by atoms with Crippen molar-refractivity contribution >= 4 is 17.7 Å². The first-order chi connectivity index (χ1) is 14.9. The molecule has 0 spiro atoms. The highest BCUT2D eigenvalue weighted by Gasteiger charge is 2.30. The Balaban J connectivity index is 2.10. The summed E-state index contributed by atoms with van der Waals surface area (Å²) < 4.78 is 18.8. The first-order valence-electron chi connectivity index (χ1n) is 10.3. The summed E-state index contributed by atoms with van der Waals surface area (Å²) in [7, 11) is 1.37. The molecule has 5 nitrogen and oxygen atoms in total. The van der Waals surface area contributed by atoms with Gasteiger partial charge in [-0.05, 0) is 54.7 Å². The molecule has 0 bridgehead atoms. The Morgan fingerprint density at radius 2 is 1.90 bits per heavy atom. The SMILES string of the molecule is COC(=O)c1c(C(C)C)nc2c(c1-c1ccc(F)cc1)CCCc1nc(SC)ncc1-2. The number of thioether (sulfide) groups is 1. The number of carbonyl (C=O) groups excluding carboxylic acids is 1. The first-order valence-corrected chi connectivity index (χ1v) is 11.5. The van der Waals surface area contributed by atoms with E-state index in [1.807, 2.05) is 26.3 Å². The number of methoxy groups -OCH3 is 1. The number of rotatable bonds is 4. The van der Waals surface area contributed by atoms with Gasteiger partial charge in [-0.15, -0.1) is 0 Å². The van der Waals surface area contributed by atoms with Crippen molar-refractivity contribution in [2.45, 2.75) is 44.2 Å². The minimum atomic E-state index is -0.434. The second-order valence-electron chi connectivity index (χ2n) is 7.80. The van der Waals surface area contributed by atoms with E-state index in [2.05, 4.69) is 4.98 Å². The van der Waals surface area contributed by atoms with Crippen LogP contribution in [0.15, 0.2) is 35.6 Å². The number of esters is 1. The van der Waals surface area contributed by atoms with Crippen LogP contribution in [-0.2, 0) is 17.6 Å². The third kappa shape index (κ3) is 3.94. The van der Waals surface area contributed by atoms with Crippen LogP contribution in [0.5, 0.6) is 0 Å². The molecule has 160 valence electrons. The fraction of sp³-hybridized carbons (Fsp3) is 0.333. The number of nitrogens with zero attached hydrogens (tertiary/aromatic N) is 3. The minimum Gasteiger partial charge on any atom is -0.465 e. The van der Waals surface area contributed by atoms with Gasteiger partial charge in [0.25, 0.3) is 0 Å². The summed E-state index contributed by atoms with van der Waals surface area (Å²) in [5, 5.41) is 0.733. The number of carbonyl (C=O) groups is 1. The topological polar surface area (TPSA) is 65.0 Å². The van der Waals surface area contributed by atoms with Crippen molar-refractivity contribution in [3.05, 3.63) is 58.8 Å². The van der Waals surface area contributed by atoms with Gasteiger partial charge >= 0.3 is 5.97 Å². The summed E-state index contributed by atoms with van der Waals surface area (Å²) in [5.74, 6) is -0.774. The van der Waals surface area contributed by atoms with Gasteiger partial charge in [0.2, 0.25) is 0 Å². The third-order valence-electron chi connectivity index (χ3n) is 5.52. The Hall–Kier alpha value is -2.80.